The van der Waals surface area contributed by atoms with Crippen molar-refractivity contribution in [3.8, 4) is 0 Å². The molecule has 2 aromatic heterocycles. The minimum atomic E-state index is -0.510. The topological polar surface area (TPSA) is 138 Å². The number of hydrogen-bond donors (Lipinski definition) is 3. The van der Waals surface area contributed by atoms with Crippen LogP contribution in [-0.4, -0.2) is 24.9 Å². The molecule has 9 heteroatoms. The Hall–Kier alpha value is -3.75. The normalized spacial score (nSPS) is 13.1. The van der Waals surface area contributed by atoms with E-state index < -0.39 is 16.0 Å². The van der Waals surface area contributed by atoms with Gasteiger partial charge in [-0.3, -0.25) is 19.7 Å². The molecule has 3 N–H and O–H groups in total. The molecule has 0 radical (unpaired) electrons. The van der Waals surface area contributed by atoms with E-state index in [9.17, 15) is 19.7 Å². The van der Waals surface area contributed by atoms with E-state index >= 15 is 0 Å². The summed E-state index contributed by atoms with van der Waals surface area (Å²) in [6.07, 6.45) is 4.51. The molecule has 0 unspecified atom stereocenters. The molecule has 0 amide bonds. The molecule has 0 saturated heterocycles. The van der Waals surface area contributed by atoms with Crippen LogP contribution in [0.5, 0.6) is 0 Å². The highest BCUT2D eigenvalue weighted by molar-refractivity contribution is 5.51. The summed E-state index contributed by atoms with van der Waals surface area (Å²) in [6, 6.07) is 5.64. The van der Waals surface area contributed by atoms with E-state index in [0.29, 0.717) is 11.3 Å². The van der Waals surface area contributed by atoms with Gasteiger partial charge in [0.25, 0.3) is 16.8 Å². The third-order valence-corrected chi connectivity index (χ3v) is 4.10. The highest BCUT2D eigenvalue weighted by Gasteiger charge is 2.19. The van der Waals surface area contributed by atoms with Gasteiger partial charge in [-0.15, -0.1) is 0 Å². The molecule has 3 rings (SSSR count). The SMILES string of the molecule is CC(C)(C)c1[nH]cnc1/C=c1/[nH]c(=O)/c(=C\c2ccc([N+](=O)[O-])cc2)[nH]c1=O. The van der Waals surface area contributed by atoms with E-state index in [-0.39, 0.29) is 21.8 Å². The van der Waals surface area contributed by atoms with Crippen molar-refractivity contribution >= 4 is 17.8 Å². The van der Waals surface area contributed by atoms with Crippen LogP contribution in [0.2, 0.25) is 0 Å². The lowest BCUT2D eigenvalue weighted by Crippen LogP contribution is -2.46. The number of benzene rings is 1. The predicted octanol–water partition coefficient (Wildman–Crippen LogP) is 0.650. The van der Waals surface area contributed by atoms with E-state index in [1.807, 2.05) is 20.8 Å². The number of nitrogens with one attached hydrogen (secondary N) is 3. The monoisotopic (exact) mass is 381 g/mol. The molecule has 2 heterocycles. The molecular weight excluding hydrogens is 362 g/mol. The summed E-state index contributed by atoms with van der Waals surface area (Å²) in [5.41, 5.74) is 0.727. The van der Waals surface area contributed by atoms with Crippen LogP contribution in [0.4, 0.5) is 5.69 Å². The molecule has 0 aliphatic rings. The summed E-state index contributed by atoms with van der Waals surface area (Å²) in [5, 5.41) is 10.8. The van der Waals surface area contributed by atoms with Crippen molar-refractivity contribution in [3.63, 3.8) is 0 Å². The van der Waals surface area contributed by atoms with Crippen molar-refractivity contribution in [2.24, 2.45) is 0 Å². The van der Waals surface area contributed by atoms with Gasteiger partial charge in [0.15, 0.2) is 0 Å². The standard InChI is InChI=1S/C19H19N5O4/c1-19(2,3)16-13(20-10-21-16)9-15-18(26)22-14(17(25)23-15)8-11-4-6-12(7-5-11)24(27)28/h4-10H,1-3H3,(H,20,21)(H,22,26)(H,23,25)/b14-8+,15-9+. The summed E-state index contributed by atoms with van der Waals surface area (Å²) < 4.78 is 0. The summed E-state index contributed by atoms with van der Waals surface area (Å²) in [5.74, 6) is 0. The Morgan fingerprint density at radius 2 is 1.57 bits per heavy atom. The third kappa shape index (κ3) is 3.98. The first-order valence-corrected chi connectivity index (χ1v) is 8.49. The second-order valence-electron chi connectivity index (χ2n) is 7.29. The number of rotatable bonds is 3. The highest BCUT2D eigenvalue weighted by Crippen LogP contribution is 2.22. The van der Waals surface area contributed by atoms with Crippen LogP contribution in [0.3, 0.4) is 0 Å². The van der Waals surface area contributed by atoms with Crippen LogP contribution in [0.15, 0.2) is 40.2 Å². The molecule has 28 heavy (non-hydrogen) atoms. The van der Waals surface area contributed by atoms with Gasteiger partial charge in [0.2, 0.25) is 0 Å². The van der Waals surface area contributed by atoms with Crippen molar-refractivity contribution in [1.82, 2.24) is 19.9 Å². The van der Waals surface area contributed by atoms with Crippen LogP contribution in [0.25, 0.3) is 12.2 Å². The smallest absolute Gasteiger partial charge is 0.272 e. The summed E-state index contributed by atoms with van der Waals surface area (Å²) in [7, 11) is 0. The first-order chi connectivity index (χ1) is 13.1. The van der Waals surface area contributed by atoms with Crippen LogP contribution >= 0.6 is 0 Å². The fraction of sp³-hybridized carbons (Fsp3) is 0.211. The van der Waals surface area contributed by atoms with Gasteiger partial charge in [-0.2, -0.15) is 0 Å². The lowest BCUT2D eigenvalue weighted by molar-refractivity contribution is -0.384. The maximum Gasteiger partial charge on any atom is 0.272 e. The maximum absolute atomic E-state index is 12.4. The van der Waals surface area contributed by atoms with E-state index in [0.717, 1.165) is 5.69 Å². The number of imidazole rings is 1. The van der Waals surface area contributed by atoms with Gasteiger partial charge in [-0.05, 0) is 29.8 Å². The fourth-order valence-electron chi connectivity index (χ4n) is 2.71. The molecule has 0 aliphatic carbocycles. The lowest BCUT2D eigenvalue weighted by Gasteiger charge is -2.16. The molecule has 1 aromatic carbocycles. The molecule has 0 saturated carbocycles. The Labute approximate surface area is 158 Å². The van der Waals surface area contributed by atoms with E-state index in [1.165, 1.54) is 42.7 Å². The first-order valence-electron chi connectivity index (χ1n) is 8.49. The Balaban J connectivity index is 2.07. The molecule has 0 bridgehead atoms. The largest absolute Gasteiger partial charge is 0.348 e. The van der Waals surface area contributed by atoms with Crippen molar-refractivity contribution in [3.05, 3.63) is 89.1 Å². The van der Waals surface area contributed by atoms with Gasteiger partial charge in [0, 0.05) is 23.2 Å². The Bertz CT molecular complexity index is 1260. The molecule has 144 valence electrons. The summed E-state index contributed by atoms with van der Waals surface area (Å²) in [4.78, 5) is 47.3. The highest BCUT2D eigenvalue weighted by atomic mass is 16.6. The minimum absolute atomic E-state index is 0.0501. The summed E-state index contributed by atoms with van der Waals surface area (Å²) in [6.45, 7) is 6.02. The van der Waals surface area contributed by atoms with Crippen molar-refractivity contribution in [2.45, 2.75) is 26.2 Å². The number of hydrogen-bond acceptors (Lipinski definition) is 5. The average Bonchev–Trinajstić information content (AvgIpc) is 3.08. The molecule has 0 atom stereocenters. The molecule has 0 spiro atoms. The molecule has 9 nitrogen and oxygen atoms in total. The number of aromatic nitrogens is 4. The van der Waals surface area contributed by atoms with E-state index in [4.69, 9.17) is 0 Å². The molecule has 3 aromatic rings. The Kier molecular flexibility index (Phi) is 4.83. The third-order valence-electron chi connectivity index (χ3n) is 4.10. The van der Waals surface area contributed by atoms with Gasteiger partial charge >= 0.3 is 0 Å². The van der Waals surface area contributed by atoms with Crippen molar-refractivity contribution < 1.29 is 4.92 Å². The fourth-order valence-corrected chi connectivity index (χ4v) is 2.71. The maximum atomic E-state index is 12.4. The molecule has 0 aliphatic heterocycles. The zero-order chi connectivity index (χ0) is 20.5. The number of nitro groups is 1. The first kappa shape index (κ1) is 19.0. The van der Waals surface area contributed by atoms with Gasteiger partial charge < -0.3 is 15.0 Å². The van der Waals surface area contributed by atoms with Crippen LogP contribution in [0, 0.1) is 10.1 Å². The molecular formula is C19H19N5O4. The second-order valence-corrected chi connectivity index (χ2v) is 7.29. The number of H-pyrrole nitrogens is 3. The van der Waals surface area contributed by atoms with Crippen molar-refractivity contribution in [2.75, 3.05) is 0 Å². The predicted molar refractivity (Wildman–Crippen MR) is 104 cm³/mol. The quantitative estimate of drug-likeness (QED) is 0.452. The van der Waals surface area contributed by atoms with Crippen LogP contribution in [0.1, 0.15) is 37.7 Å². The zero-order valence-electron chi connectivity index (χ0n) is 15.6. The zero-order valence-corrected chi connectivity index (χ0v) is 15.6. The van der Waals surface area contributed by atoms with Crippen LogP contribution in [-0.2, 0) is 5.41 Å². The van der Waals surface area contributed by atoms with Crippen LogP contribution < -0.4 is 21.8 Å². The number of nitrogens with zero attached hydrogens (tertiary/aromatic N) is 2. The number of nitro benzene ring substituents is 1. The lowest BCUT2D eigenvalue weighted by atomic mass is 9.90. The van der Waals surface area contributed by atoms with Gasteiger partial charge in [-0.25, -0.2) is 4.98 Å². The number of aromatic amines is 3. The van der Waals surface area contributed by atoms with Gasteiger partial charge in [0.1, 0.15) is 10.7 Å². The average molecular weight is 381 g/mol. The second kappa shape index (κ2) is 7.10. The Morgan fingerprint density at radius 3 is 2.11 bits per heavy atom. The minimum Gasteiger partial charge on any atom is -0.348 e. The van der Waals surface area contributed by atoms with Gasteiger partial charge in [0.05, 0.1) is 16.9 Å². The van der Waals surface area contributed by atoms with E-state index in [2.05, 4.69) is 19.9 Å². The molecule has 0 fully saturated rings. The summed E-state index contributed by atoms with van der Waals surface area (Å²) >= 11 is 0. The van der Waals surface area contributed by atoms with Crippen molar-refractivity contribution in [1.29, 1.82) is 0 Å². The Morgan fingerprint density at radius 1 is 1.00 bits per heavy atom. The van der Waals surface area contributed by atoms with Gasteiger partial charge in [-0.1, -0.05) is 20.8 Å². The number of non-ortho nitro benzene ring substituents is 1. The van der Waals surface area contributed by atoms with E-state index in [1.54, 1.807) is 0 Å².